The van der Waals surface area contributed by atoms with E-state index in [0.717, 1.165) is 0 Å². The summed E-state index contributed by atoms with van der Waals surface area (Å²) in [5, 5.41) is 7.27. The molecule has 6 rings (SSSR count). The van der Waals surface area contributed by atoms with Crippen LogP contribution < -0.4 is 0 Å². The van der Waals surface area contributed by atoms with E-state index in [2.05, 4.69) is 120 Å². The van der Waals surface area contributed by atoms with Gasteiger partial charge in [0, 0.05) is 31.3 Å². The van der Waals surface area contributed by atoms with Gasteiger partial charge in [0.2, 0.25) is 0 Å². The van der Waals surface area contributed by atoms with E-state index in [4.69, 9.17) is 0 Å². The van der Waals surface area contributed by atoms with Gasteiger partial charge in [-0.25, -0.2) is 0 Å². The number of benzene rings is 4. The fourth-order valence-electron chi connectivity index (χ4n) is 4.42. The number of hydrogen-bond acceptors (Lipinski definition) is 2. The van der Waals surface area contributed by atoms with Crippen LogP contribution in [0.25, 0.3) is 31.3 Å². The van der Waals surface area contributed by atoms with E-state index < -0.39 is 0 Å². The molecule has 0 unspecified atom stereocenters. The average molecular weight is 445 g/mol. The van der Waals surface area contributed by atoms with Gasteiger partial charge in [0.25, 0.3) is 0 Å². The van der Waals surface area contributed by atoms with Crippen LogP contribution in [0, 0.1) is 0 Å². The quantitative estimate of drug-likeness (QED) is 0.238. The van der Waals surface area contributed by atoms with Gasteiger partial charge in [-0.2, -0.15) is 0 Å². The zero-order valence-corrected chi connectivity index (χ0v) is 19.0. The molecule has 0 fully saturated rings. The molecule has 0 aliphatic rings. The third-order valence-electron chi connectivity index (χ3n) is 5.88. The first kappa shape index (κ1) is 19.2. The summed E-state index contributed by atoms with van der Waals surface area (Å²) in [7, 11) is 0. The lowest BCUT2D eigenvalue weighted by Gasteiger charge is -2.17. The highest BCUT2D eigenvalue weighted by Gasteiger charge is 2.20. The fourth-order valence-corrected chi connectivity index (χ4v) is 6.32. The van der Waals surface area contributed by atoms with Gasteiger partial charge in [-0.15, -0.1) is 22.7 Å². The van der Waals surface area contributed by atoms with Crippen molar-refractivity contribution in [2.75, 3.05) is 0 Å². The van der Waals surface area contributed by atoms with Crippen molar-refractivity contribution in [1.82, 2.24) is 0 Å². The topological polar surface area (TPSA) is 0 Å². The third-order valence-corrected chi connectivity index (χ3v) is 7.80. The summed E-state index contributed by atoms with van der Waals surface area (Å²) in [6.07, 6.45) is 0. The minimum Gasteiger partial charge on any atom is -0.143 e. The van der Waals surface area contributed by atoms with Gasteiger partial charge in [-0.3, -0.25) is 0 Å². The van der Waals surface area contributed by atoms with Crippen molar-refractivity contribution in [2.45, 2.75) is 0 Å². The van der Waals surface area contributed by atoms with Crippen LogP contribution in [0.15, 0.2) is 120 Å². The zero-order chi connectivity index (χ0) is 21.3. The molecule has 0 spiro atoms. The van der Waals surface area contributed by atoms with Crippen LogP contribution in [-0.2, 0) is 0 Å². The molecule has 0 radical (unpaired) electrons. The number of fused-ring (bicyclic) bond motifs is 2. The molecular formula is C30H20S2. The van der Waals surface area contributed by atoms with Crippen LogP contribution in [0.1, 0.15) is 22.3 Å². The molecule has 0 N–H and O–H groups in total. The number of rotatable bonds is 4. The Morgan fingerprint density at radius 3 is 1.22 bits per heavy atom. The van der Waals surface area contributed by atoms with Crippen molar-refractivity contribution in [3.05, 3.63) is 142 Å². The van der Waals surface area contributed by atoms with E-state index >= 15 is 0 Å². The maximum atomic E-state index is 2.32. The van der Waals surface area contributed by atoms with E-state index in [1.165, 1.54) is 53.6 Å². The molecular weight excluding hydrogens is 424 g/mol. The molecule has 152 valence electrons. The van der Waals surface area contributed by atoms with Crippen LogP contribution in [-0.4, -0.2) is 0 Å². The maximum Gasteiger partial charge on any atom is 0.0349 e. The van der Waals surface area contributed by atoms with Gasteiger partial charge in [0.15, 0.2) is 0 Å². The van der Waals surface area contributed by atoms with E-state index in [-0.39, 0.29) is 0 Å². The first-order valence-corrected chi connectivity index (χ1v) is 12.4. The molecule has 0 saturated heterocycles. The second-order valence-corrected chi connectivity index (χ2v) is 9.60. The number of hydrogen-bond donors (Lipinski definition) is 0. The summed E-state index contributed by atoms with van der Waals surface area (Å²) < 4.78 is 2.64. The monoisotopic (exact) mass is 444 g/mol. The van der Waals surface area contributed by atoms with Crippen molar-refractivity contribution >= 4 is 54.0 Å². The molecule has 0 aliphatic carbocycles. The highest BCUT2D eigenvalue weighted by molar-refractivity contribution is 7.18. The van der Waals surface area contributed by atoms with Crippen LogP contribution in [0.2, 0.25) is 0 Å². The first-order valence-electron chi connectivity index (χ1n) is 10.7. The Morgan fingerprint density at radius 2 is 0.781 bits per heavy atom. The minimum atomic E-state index is 1.24. The molecule has 0 bridgehead atoms. The van der Waals surface area contributed by atoms with Gasteiger partial charge in [0.1, 0.15) is 0 Å². The molecule has 0 saturated carbocycles. The van der Waals surface area contributed by atoms with Crippen molar-refractivity contribution in [2.24, 2.45) is 0 Å². The highest BCUT2D eigenvalue weighted by Crippen LogP contribution is 2.44. The van der Waals surface area contributed by atoms with Gasteiger partial charge >= 0.3 is 0 Å². The lowest BCUT2D eigenvalue weighted by molar-refractivity contribution is 1.55. The molecule has 2 aromatic heterocycles. The van der Waals surface area contributed by atoms with Crippen molar-refractivity contribution in [3.8, 4) is 0 Å². The van der Waals surface area contributed by atoms with Crippen molar-refractivity contribution < 1.29 is 0 Å². The Kier molecular flexibility index (Phi) is 4.95. The normalized spacial score (nSPS) is 12.2. The Labute approximate surface area is 195 Å². The SMILES string of the molecule is c1ccc(/C(=C(\c2ccccc2)c2csc3ccccc23)c2csc3ccccc23)cc1. The van der Waals surface area contributed by atoms with Crippen LogP contribution >= 0.6 is 22.7 Å². The van der Waals surface area contributed by atoms with Crippen molar-refractivity contribution in [1.29, 1.82) is 0 Å². The van der Waals surface area contributed by atoms with E-state index in [0.29, 0.717) is 0 Å². The van der Waals surface area contributed by atoms with E-state index in [1.807, 2.05) is 22.7 Å². The summed E-state index contributed by atoms with van der Waals surface area (Å²) in [4.78, 5) is 0. The van der Waals surface area contributed by atoms with Crippen LogP contribution in [0.4, 0.5) is 0 Å². The lowest BCUT2D eigenvalue weighted by Crippen LogP contribution is -1.96. The molecule has 32 heavy (non-hydrogen) atoms. The molecule has 4 aromatic carbocycles. The van der Waals surface area contributed by atoms with E-state index in [9.17, 15) is 0 Å². The summed E-state index contributed by atoms with van der Waals surface area (Å²) in [6, 6.07) is 39.1. The largest absolute Gasteiger partial charge is 0.143 e. The Bertz CT molecular complexity index is 1430. The van der Waals surface area contributed by atoms with Gasteiger partial charge in [-0.1, -0.05) is 97.1 Å². The van der Waals surface area contributed by atoms with Crippen molar-refractivity contribution in [3.63, 3.8) is 0 Å². The maximum absolute atomic E-state index is 2.32. The molecule has 2 heterocycles. The lowest BCUT2D eigenvalue weighted by atomic mass is 9.85. The van der Waals surface area contributed by atoms with Gasteiger partial charge in [-0.05, 0) is 45.2 Å². The number of thiophene rings is 2. The Balaban J connectivity index is 1.79. The molecule has 2 heteroatoms. The second-order valence-electron chi connectivity index (χ2n) is 7.77. The zero-order valence-electron chi connectivity index (χ0n) is 17.4. The third kappa shape index (κ3) is 3.29. The van der Waals surface area contributed by atoms with Gasteiger partial charge in [0.05, 0.1) is 0 Å². The summed E-state index contributed by atoms with van der Waals surface area (Å²) in [5.74, 6) is 0. The predicted molar refractivity (Wildman–Crippen MR) is 142 cm³/mol. The second kappa shape index (κ2) is 8.23. The smallest absolute Gasteiger partial charge is 0.0349 e. The minimum absolute atomic E-state index is 1.24. The summed E-state index contributed by atoms with van der Waals surface area (Å²) in [6.45, 7) is 0. The van der Waals surface area contributed by atoms with E-state index in [1.54, 1.807) is 0 Å². The van der Waals surface area contributed by atoms with Crippen LogP contribution in [0.5, 0.6) is 0 Å². The molecule has 0 atom stereocenters. The standard InChI is InChI=1S/C30H20S2/c1-3-11-21(12-4-1)29(25-19-31-27-17-9-7-15-23(25)27)30(22-13-5-2-6-14-22)26-20-32-28-18-10-8-16-24(26)28/h1-20H/b30-29-. The van der Waals surface area contributed by atoms with Crippen LogP contribution in [0.3, 0.4) is 0 Å². The predicted octanol–water partition coefficient (Wildman–Crippen LogP) is 9.12. The molecule has 0 amide bonds. The highest BCUT2D eigenvalue weighted by atomic mass is 32.1. The van der Waals surface area contributed by atoms with Gasteiger partial charge < -0.3 is 0 Å². The first-order chi connectivity index (χ1) is 15.9. The molecule has 6 aromatic rings. The summed E-state index contributed by atoms with van der Waals surface area (Å²) in [5.41, 5.74) is 7.66. The molecule has 0 aliphatic heterocycles. The Hall–Kier alpha value is -3.46. The summed E-state index contributed by atoms with van der Waals surface area (Å²) >= 11 is 3.64. The fraction of sp³-hybridized carbons (Fsp3) is 0. The Morgan fingerprint density at radius 1 is 0.406 bits per heavy atom. The average Bonchev–Trinajstić information content (AvgIpc) is 3.48. The molecule has 0 nitrogen and oxygen atoms in total.